The van der Waals surface area contributed by atoms with Crippen molar-refractivity contribution in [3.63, 3.8) is 0 Å². The van der Waals surface area contributed by atoms with Gasteiger partial charge in [-0.2, -0.15) is 0 Å². The van der Waals surface area contributed by atoms with E-state index in [0.717, 1.165) is 0 Å². The molecule has 2 heterocycles. The highest BCUT2D eigenvalue weighted by molar-refractivity contribution is 5.96. The van der Waals surface area contributed by atoms with E-state index in [1.165, 1.54) is 18.0 Å². The molecule has 1 aromatic heterocycles. The highest BCUT2D eigenvalue weighted by Gasteiger charge is 2.46. The van der Waals surface area contributed by atoms with E-state index in [9.17, 15) is 19.5 Å². The van der Waals surface area contributed by atoms with Crippen LogP contribution >= 0.6 is 0 Å². The van der Waals surface area contributed by atoms with Crippen LogP contribution in [0.25, 0.3) is 0 Å². The summed E-state index contributed by atoms with van der Waals surface area (Å²) >= 11 is 0. The van der Waals surface area contributed by atoms with Gasteiger partial charge in [-0.05, 0) is 19.8 Å². The number of hydrogen-bond acceptors (Lipinski definition) is 3. The summed E-state index contributed by atoms with van der Waals surface area (Å²) in [4.78, 5) is 40.1. The largest absolute Gasteiger partial charge is 0.480 e. The molecule has 0 bridgehead atoms. The minimum Gasteiger partial charge on any atom is -0.480 e. The van der Waals surface area contributed by atoms with Gasteiger partial charge in [-0.3, -0.25) is 4.79 Å². The molecule has 0 aromatic carbocycles. The second-order valence-electron chi connectivity index (χ2n) is 4.30. The lowest BCUT2D eigenvalue weighted by Crippen LogP contribution is -2.50. The van der Waals surface area contributed by atoms with Crippen LogP contribution in [0.2, 0.25) is 0 Å². The second-order valence-corrected chi connectivity index (χ2v) is 4.30. The number of rotatable bonds is 2. The molecule has 1 atom stereocenters. The third-order valence-corrected chi connectivity index (χ3v) is 3.17. The number of likely N-dealkylation sites (tertiary alicyclic amines) is 1. The smallest absolute Gasteiger partial charge is 0.329 e. The van der Waals surface area contributed by atoms with Gasteiger partial charge in [0, 0.05) is 12.7 Å². The molecule has 3 N–H and O–H groups in total. The number of carboxylic acid groups (broad SMARTS) is 1. The minimum atomic E-state index is -1.19. The van der Waals surface area contributed by atoms with Crippen molar-refractivity contribution in [2.45, 2.75) is 25.3 Å². The standard InChI is InChI=1S/C10H13N3O4/c1-10(8(15)16)3-2-4-13(10)7(14)6-5-11-9(17)12-6/h5H,2-4H2,1H3,(H,15,16)(H2,11,12,17). The quantitative estimate of drug-likeness (QED) is 0.663. The number of hydrogen-bond donors (Lipinski definition) is 3. The van der Waals surface area contributed by atoms with Crippen LogP contribution in [0, 0.1) is 0 Å². The molecule has 92 valence electrons. The molecular weight excluding hydrogens is 226 g/mol. The molecule has 2 rings (SSSR count). The summed E-state index contributed by atoms with van der Waals surface area (Å²) in [6.07, 6.45) is 2.32. The van der Waals surface area contributed by atoms with Crippen molar-refractivity contribution in [2.75, 3.05) is 6.54 Å². The number of aromatic amines is 2. The lowest BCUT2D eigenvalue weighted by Gasteiger charge is -2.30. The monoisotopic (exact) mass is 239 g/mol. The number of nitrogens with zero attached hydrogens (tertiary/aromatic N) is 1. The second kappa shape index (κ2) is 3.76. The number of nitrogens with one attached hydrogen (secondary N) is 2. The number of aliphatic carboxylic acids is 1. The average Bonchev–Trinajstić information content (AvgIpc) is 2.85. The molecule has 1 unspecified atom stereocenters. The zero-order valence-corrected chi connectivity index (χ0v) is 9.32. The number of aromatic nitrogens is 2. The maximum Gasteiger partial charge on any atom is 0.329 e. The van der Waals surface area contributed by atoms with Crippen molar-refractivity contribution in [1.29, 1.82) is 0 Å². The topological polar surface area (TPSA) is 106 Å². The van der Waals surface area contributed by atoms with E-state index < -0.39 is 23.1 Å². The van der Waals surface area contributed by atoms with Gasteiger partial charge < -0.3 is 20.0 Å². The SMILES string of the molecule is CC1(C(=O)O)CCCN1C(=O)c1c[nH]c(=O)[nH]1. The van der Waals surface area contributed by atoms with Gasteiger partial charge in [0.05, 0.1) is 0 Å². The molecule has 1 aliphatic rings. The average molecular weight is 239 g/mol. The highest BCUT2D eigenvalue weighted by Crippen LogP contribution is 2.30. The van der Waals surface area contributed by atoms with E-state index in [1.54, 1.807) is 0 Å². The Morgan fingerprint density at radius 1 is 1.53 bits per heavy atom. The fourth-order valence-corrected chi connectivity index (χ4v) is 2.10. The normalized spacial score (nSPS) is 23.9. The molecule has 1 aromatic rings. The van der Waals surface area contributed by atoms with Crippen molar-refractivity contribution >= 4 is 11.9 Å². The molecule has 7 heteroatoms. The third-order valence-electron chi connectivity index (χ3n) is 3.17. The maximum atomic E-state index is 12.1. The first-order chi connectivity index (χ1) is 7.95. The van der Waals surface area contributed by atoms with E-state index in [2.05, 4.69) is 9.97 Å². The summed E-state index contributed by atoms with van der Waals surface area (Å²) in [5.74, 6) is -1.49. The zero-order chi connectivity index (χ0) is 12.6. The van der Waals surface area contributed by atoms with Gasteiger partial charge in [0.25, 0.3) is 5.91 Å². The van der Waals surface area contributed by atoms with Crippen LogP contribution in [0.3, 0.4) is 0 Å². The molecule has 17 heavy (non-hydrogen) atoms. The zero-order valence-electron chi connectivity index (χ0n) is 9.32. The van der Waals surface area contributed by atoms with Gasteiger partial charge in [0.15, 0.2) is 0 Å². The molecule has 7 nitrogen and oxygen atoms in total. The molecule has 0 spiro atoms. The van der Waals surface area contributed by atoms with Gasteiger partial charge in [0.1, 0.15) is 11.2 Å². The van der Waals surface area contributed by atoms with E-state index in [0.29, 0.717) is 19.4 Å². The van der Waals surface area contributed by atoms with Crippen molar-refractivity contribution in [1.82, 2.24) is 14.9 Å². The van der Waals surface area contributed by atoms with Crippen LogP contribution in [-0.2, 0) is 4.79 Å². The van der Waals surface area contributed by atoms with Crippen molar-refractivity contribution < 1.29 is 14.7 Å². The van der Waals surface area contributed by atoms with Crippen LogP contribution in [0.15, 0.2) is 11.0 Å². The highest BCUT2D eigenvalue weighted by atomic mass is 16.4. The predicted molar refractivity (Wildman–Crippen MR) is 57.7 cm³/mol. The first kappa shape index (κ1) is 11.4. The van der Waals surface area contributed by atoms with Crippen LogP contribution in [0.1, 0.15) is 30.3 Å². The Morgan fingerprint density at radius 3 is 2.76 bits per heavy atom. The van der Waals surface area contributed by atoms with E-state index in [-0.39, 0.29) is 5.69 Å². The Labute approximate surface area is 96.4 Å². The summed E-state index contributed by atoms with van der Waals surface area (Å²) in [7, 11) is 0. The summed E-state index contributed by atoms with van der Waals surface area (Å²) in [5.41, 5.74) is -1.58. The summed E-state index contributed by atoms with van der Waals surface area (Å²) < 4.78 is 0. The lowest BCUT2D eigenvalue weighted by atomic mass is 9.99. The Balaban J connectivity index is 2.31. The maximum absolute atomic E-state index is 12.1. The van der Waals surface area contributed by atoms with Crippen molar-refractivity contribution in [3.05, 3.63) is 22.4 Å². The Kier molecular flexibility index (Phi) is 2.53. The molecule has 0 saturated carbocycles. The fourth-order valence-electron chi connectivity index (χ4n) is 2.10. The van der Waals surface area contributed by atoms with Gasteiger partial charge >= 0.3 is 11.7 Å². The van der Waals surface area contributed by atoms with Crippen LogP contribution in [-0.4, -0.2) is 43.9 Å². The molecule has 1 aliphatic heterocycles. The molecule has 1 fully saturated rings. The molecule has 0 radical (unpaired) electrons. The number of carbonyl (C=O) groups is 2. The van der Waals surface area contributed by atoms with E-state index >= 15 is 0 Å². The number of carbonyl (C=O) groups excluding carboxylic acids is 1. The van der Waals surface area contributed by atoms with Crippen molar-refractivity contribution in [2.24, 2.45) is 0 Å². The van der Waals surface area contributed by atoms with Crippen LogP contribution in [0.5, 0.6) is 0 Å². The first-order valence-electron chi connectivity index (χ1n) is 5.28. The van der Waals surface area contributed by atoms with Crippen LogP contribution < -0.4 is 5.69 Å². The molecule has 1 amide bonds. The lowest BCUT2D eigenvalue weighted by molar-refractivity contribution is -0.147. The predicted octanol–water partition coefficient (Wildman–Crippen LogP) is -0.218. The number of imidazole rings is 1. The van der Waals surface area contributed by atoms with Crippen LogP contribution in [0.4, 0.5) is 0 Å². The summed E-state index contributed by atoms with van der Waals surface area (Å²) in [6, 6.07) is 0. The molecule has 1 saturated heterocycles. The van der Waals surface area contributed by atoms with Gasteiger partial charge in [-0.25, -0.2) is 9.59 Å². The Bertz CT molecular complexity index is 518. The van der Waals surface area contributed by atoms with E-state index in [1.807, 2.05) is 0 Å². The van der Waals surface area contributed by atoms with Gasteiger partial charge in [0.2, 0.25) is 0 Å². The fraction of sp³-hybridized carbons (Fsp3) is 0.500. The Hall–Kier alpha value is -2.05. The molecular formula is C10H13N3O4. The number of amides is 1. The number of carboxylic acids is 1. The van der Waals surface area contributed by atoms with Gasteiger partial charge in [-0.15, -0.1) is 0 Å². The number of H-pyrrole nitrogens is 2. The first-order valence-corrected chi connectivity index (χ1v) is 5.28. The van der Waals surface area contributed by atoms with Crippen molar-refractivity contribution in [3.8, 4) is 0 Å². The third kappa shape index (κ3) is 1.73. The summed E-state index contributed by atoms with van der Waals surface area (Å²) in [5, 5.41) is 9.17. The molecule has 0 aliphatic carbocycles. The van der Waals surface area contributed by atoms with E-state index in [4.69, 9.17) is 0 Å². The minimum absolute atomic E-state index is 0.0874. The Morgan fingerprint density at radius 2 is 2.24 bits per heavy atom. The van der Waals surface area contributed by atoms with Gasteiger partial charge in [-0.1, -0.05) is 0 Å². The summed E-state index contributed by atoms with van der Waals surface area (Å²) in [6.45, 7) is 1.90.